The summed E-state index contributed by atoms with van der Waals surface area (Å²) in [6.45, 7) is 3.22. The lowest BCUT2D eigenvalue weighted by atomic mass is 10.0. The zero-order valence-corrected chi connectivity index (χ0v) is 14.2. The fraction of sp³-hybridized carbons (Fsp3) is 0.474. The molecule has 2 aromatic rings. The SMILES string of the molecule is FC(F)(F)c1cccc(-c2nccnc2[C@H]2CN(CC3CC3)CCO2)c1. The number of halogens is 3. The van der Waals surface area contributed by atoms with E-state index in [1.165, 1.54) is 25.1 Å². The molecule has 1 aliphatic heterocycles. The number of nitrogens with zero attached hydrogens (tertiary/aromatic N) is 3. The van der Waals surface area contributed by atoms with Gasteiger partial charge < -0.3 is 4.74 Å². The van der Waals surface area contributed by atoms with E-state index >= 15 is 0 Å². The van der Waals surface area contributed by atoms with Crippen LogP contribution in [0.1, 0.15) is 30.2 Å². The van der Waals surface area contributed by atoms with E-state index in [4.69, 9.17) is 4.74 Å². The lowest BCUT2D eigenvalue weighted by Gasteiger charge is -2.33. The smallest absolute Gasteiger partial charge is 0.369 e. The third-order valence-electron chi connectivity index (χ3n) is 4.86. The van der Waals surface area contributed by atoms with Crippen LogP contribution < -0.4 is 0 Å². The highest BCUT2D eigenvalue weighted by Crippen LogP contribution is 2.35. The van der Waals surface area contributed by atoms with Crippen molar-refractivity contribution in [2.24, 2.45) is 5.92 Å². The van der Waals surface area contributed by atoms with E-state index in [-0.39, 0.29) is 6.10 Å². The predicted octanol–water partition coefficient (Wildman–Crippen LogP) is 3.95. The predicted molar refractivity (Wildman–Crippen MR) is 90.3 cm³/mol. The number of alkyl halides is 3. The fourth-order valence-electron chi connectivity index (χ4n) is 3.35. The van der Waals surface area contributed by atoms with E-state index in [0.717, 1.165) is 31.1 Å². The maximum atomic E-state index is 13.0. The average molecular weight is 363 g/mol. The fourth-order valence-corrected chi connectivity index (χ4v) is 3.35. The molecule has 0 amide bonds. The van der Waals surface area contributed by atoms with Crippen molar-refractivity contribution in [1.82, 2.24) is 14.9 Å². The van der Waals surface area contributed by atoms with E-state index in [1.54, 1.807) is 12.3 Å². The second kappa shape index (κ2) is 6.96. The third-order valence-corrected chi connectivity index (χ3v) is 4.86. The molecule has 2 fully saturated rings. The van der Waals surface area contributed by atoms with Crippen LogP contribution >= 0.6 is 0 Å². The van der Waals surface area contributed by atoms with Crippen molar-refractivity contribution < 1.29 is 17.9 Å². The highest BCUT2D eigenvalue weighted by molar-refractivity contribution is 5.63. The van der Waals surface area contributed by atoms with Gasteiger partial charge in [-0.2, -0.15) is 13.2 Å². The van der Waals surface area contributed by atoms with E-state index in [1.807, 2.05) is 0 Å². The topological polar surface area (TPSA) is 38.2 Å². The molecule has 7 heteroatoms. The molecular weight excluding hydrogens is 343 g/mol. The summed E-state index contributed by atoms with van der Waals surface area (Å²) in [6.07, 6.45) is 0.965. The molecule has 1 aromatic carbocycles. The van der Waals surface area contributed by atoms with Gasteiger partial charge in [-0.05, 0) is 30.9 Å². The highest BCUT2D eigenvalue weighted by Gasteiger charge is 2.32. The number of ether oxygens (including phenoxy) is 1. The van der Waals surface area contributed by atoms with Gasteiger partial charge in [0.15, 0.2) is 0 Å². The molecule has 2 aliphatic rings. The van der Waals surface area contributed by atoms with Gasteiger partial charge in [0, 0.05) is 37.6 Å². The molecule has 4 nitrogen and oxygen atoms in total. The molecule has 0 bridgehead atoms. The van der Waals surface area contributed by atoms with Crippen LogP contribution in [0.5, 0.6) is 0 Å². The van der Waals surface area contributed by atoms with Gasteiger partial charge in [0.1, 0.15) is 6.10 Å². The minimum absolute atomic E-state index is 0.277. The molecule has 0 spiro atoms. The van der Waals surface area contributed by atoms with E-state index in [0.29, 0.717) is 30.1 Å². The Morgan fingerprint density at radius 2 is 1.96 bits per heavy atom. The third kappa shape index (κ3) is 3.88. The number of hydrogen-bond donors (Lipinski definition) is 0. The van der Waals surface area contributed by atoms with Crippen LogP contribution in [0, 0.1) is 5.92 Å². The Morgan fingerprint density at radius 3 is 2.73 bits per heavy atom. The standard InChI is InChI=1S/C19H20F3N3O/c20-19(21,22)15-3-1-2-14(10-15)17-18(24-7-6-23-17)16-12-25(8-9-26-16)11-13-4-5-13/h1-3,6-7,10,13,16H,4-5,8-9,11-12H2/t16-/m1/s1. The first-order valence-electron chi connectivity index (χ1n) is 8.83. The molecule has 4 rings (SSSR count). The summed E-state index contributed by atoms with van der Waals surface area (Å²) in [4.78, 5) is 11.1. The maximum Gasteiger partial charge on any atom is 0.416 e. The van der Waals surface area contributed by atoms with Crippen molar-refractivity contribution in [2.75, 3.05) is 26.2 Å². The zero-order chi connectivity index (χ0) is 18.1. The molecule has 1 aliphatic carbocycles. The summed E-state index contributed by atoms with van der Waals surface area (Å²) in [5.74, 6) is 0.776. The molecule has 2 heterocycles. The second-order valence-electron chi connectivity index (χ2n) is 6.93. The summed E-state index contributed by atoms with van der Waals surface area (Å²) in [5.41, 5.74) is 0.779. The average Bonchev–Trinajstić information content (AvgIpc) is 3.45. The van der Waals surface area contributed by atoms with Crippen LogP contribution in [-0.2, 0) is 10.9 Å². The van der Waals surface area contributed by atoms with Crippen molar-refractivity contribution in [2.45, 2.75) is 25.1 Å². The van der Waals surface area contributed by atoms with Gasteiger partial charge >= 0.3 is 6.18 Å². The molecule has 1 saturated carbocycles. The number of aromatic nitrogens is 2. The van der Waals surface area contributed by atoms with Gasteiger partial charge in [-0.15, -0.1) is 0 Å². The van der Waals surface area contributed by atoms with Crippen LogP contribution in [0.4, 0.5) is 13.2 Å². The second-order valence-corrected chi connectivity index (χ2v) is 6.93. The van der Waals surface area contributed by atoms with Crippen molar-refractivity contribution in [3.8, 4) is 11.3 Å². The summed E-state index contributed by atoms with van der Waals surface area (Å²) in [6, 6.07) is 5.22. The maximum absolute atomic E-state index is 13.0. The number of benzene rings is 1. The molecule has 1 saturated heterocycles. The summed E-state index contributed by atoms with van der Waals surface area (Å²) < 4.78 is 45.0. The molecule has 1 aromatic heterocycles. The molecule has 0 radical (unpaired) electrons. The van der Waals surface area contributed by atoms with Crippen LogP contribution in [0.3, 0.4) is 0 Å². The normalized spacial score (nSPS) is 21.7. The van der Waals surface area contributed by atoms with Crippen molar-refractivity contribution in [3.63, 3.8) is 0 Å². The monoisotopic (exact) mass is 363 g/mol. The minimum Gasteiger partial charge on any atom is -0.369 e. The molecule has 0 unspecified atom stereocenters. The zero-order valence-electron chi connectivity index (χ0n) is 14.2. The summed E-state index contributed by atoms with van der Waals surface area (Å²) >= 11 is 0. The first-order chi connectivity index (χ1) is 12.5. The lowest BCUT2D eigenvalue weighted by Crippen LogP contribution is -2.39. The van der Waals surface area contributed by atoms with E-state index in [2.05, 4.69) is 14.9 Å². The highest BCUT2D eigenvalue weighted by atomic mass is 19.4. The molecule has 26 heavy (non-hydrogen) atoms. The minimum atomic E-state index is -4.39. The Balaban J connectivity index is 1.62. The van der Waals surface area contributed by atoms with Crippen LogP contribution in [0.2, 0.25) is 0 Å². The van der Waals surface area contributed by atoms with Gasteiger partial charge in [0.05, 0.1) is 23.6 Å². The van der Waals surface area contributed by atoms with Gasteiger partial charge in [0.2, 0.25) is 0 Å². The molecule has 0 N–H and O–H groups in total. The first kappa shape index (κ1) is 17.4. The number of hydrogen-bond acceptors (Lipinski definition) is 4. The van der Waals surface area contributed by atoms with Gasteiger partial charge in [-0.3, -0.25) is 14.9 Å². The molecular formula is C19H20F3N3O. The van der Waals surface area contributed by atoms with Crippen molar-refractivity contribution in [3.05, 3.63) is 47.9 Å². The van der Waals surface area contributed by atoms with Crippen molar-refractivity contribution >= 4 is 0 Å². The Labute approximate surface area is 150 Å². The summed E-state index contributed by atoms with van der Waals surface area (Å²) in [7, 11) is 0. The summed E-state index contributed by atoms with van der Waals surface area (Å²) in [5, 5.41) is 0. The van der Waals surface area contributed by atoms with Gasteiger partial charge in [-0.25, -0.2) is 0 Å². The van der Waals surface area contributed by atoms with Crippen molar-refractivity contribution in [1.29, 1.82) is 0 Å². The Morgan fingerprint density at radius 1 is 1.15 bits per heavy atom. The quantitative estimate of drug-likeness (QED) is 0.825. The largest absolute Gasteiger partial charge is 0.416 e. The van der Waals surface area contributed by atoms with E-state index < -0.39 is 11.7 Å². The lowest BCUT2D eigenvalue weighted by molar-refractivity contribution is -0.137. The van der Waals surface area contributed by atoms with Crippen LogP contribution in [0.25, 0.3) is 11.3 Å². The first-order valence-corrected chi connectivity index (χ1v) is 8.83. The van der Waals surface area contributed by atoms with Crippen LogP contribution in [0.15, 0.2) is 36.7 Å². The Kier molecular flexibility index (Phi) is 4.67. The van der Waals surface area contributed by atoms with Gasteiger partial charge in [0.25, 0.3) is 0 Å². The Hall–Kier alpha value is -1.99. The number of rotatable bonds is 4. The Bertz CT molecular complexity index is 777. The van der Waals surface area contributed by atoms with E-state index in [9.17, 15) is 13.2 Å². The molecule has 1 atom stereocenters. The van der Waals surface area contributed by atoms with Gasteiger partial charge in [-0.1, -0.05) is 12.1 Å². The number of morpholine rings is 1. The molecule has 138 valence electrons. The van der Waals surface area contributed by atoms with Crippen LogP contribution in [-0.4, -0.2) is 41.1 Å².